The van der Waals surface area contributed by atoms with E-state index >= 15 is 0 Å². The highest BCUT2D eigenvalue weighted by atomic mass is 32.2. The molecule has 0 heterocycles. The van der Waals surface area contributed by atoms with Crippen molar-refractivity contribution >= 4 is 33.4 Å². The first-order valence-corrected chi connectivity index (χ1v) is 12.4. The molecule has 7 heteroatoms. The number of rotatable bonds is 9. The molecule has 0 atom stereocenters. The van der Waals surface area contributed by atoms with Crippen molar-refractivity contribution in [3.63, 3.8) is 0 Å². The Labute approximate surface area is 184 Å². The van der Waals surface area contributed by atoms with Crippen LogP contribution >= 0.6 is 0 Å². The Bertz CT molecular complexity index is 1040. The zero-order valence-electron chi connectivity index (χ0n) is 18.1. The van der Waals surface area contributed by atoms with E-state index in [-0.39, 0.29) is 17.8 Å². The van der Waals surface area contributed by atoms with Gasteiger partial charge in [0.15, 0.2) is 0 Å². The quantitative estimate of drug-likeness (QED) is 0.528. The summed E-state index contributed by atoms with van der Waals surface area (Å²) in [6.45, 7) is 3.58. The molecule has 166 valence electrons. The van der Waals surface area contributed by atoms with Crippen molar-refractivity contribution < 1.29 is 17.9 Å². The lowest BCUT2D eigenvalue weighted by atomic mass is 10.1. The van der Waals surface area contributed by atoms with Gasteiger partial charge in [0.1, 0.15) is 5.75 Å². The summed E-state index contributed by atoms with van der Waals surface area (Å²) in [5.41, 5.74) is 2.57. The van der Waals surface area contributed by atoms with Crippen LogP contribution in [0, 0.1) is 6.92 Å². The molecule has 0 aromatic heterocycles. The first-order valence-electron chi connectivity index (χ1n) is 10.7. The number of carbonyl (C=O) groups excluding carboxylic acids is 1. The fraction of sp³-hybridized carbons (Fsp3) is 0.375. The van der Waals surface area contributed by atoms with Gasteiger partial charge in [-0.25, -0.2) is 8.42 Å². The highest BCUT2D eigenvalue weighted by molar-refractivity contribution is 7.92. The van der Waals surface area contributed by atoms with E-state index in [9.17, 15) is 13.2 Å². The topological polar surface area (TPSA) is 84.5 Å². The molecule has 0 unspecified atom stereocenters. The summed E-state index contributed by atoms with van der Waals surface area (Å²) in [5, 5.41) is 2.82. The molecule has 0 radical (unpaired) electrons. The number of anilines is 2. The van der Waals surface area contributed by atoms with Gasteiger partial charge >= 0.3 is 0 Å². The van der Waals surface area contributed by atoms with Crippen molar-refractivity contribution in [1.29, 1.82) is 0 Å². The van der Waals surface area contributed by atoms with Gasteiger partial charge in [0.05, 0.1) is 17.5 Å². The van der Waals surface area contributed by atoms with Crippen molar-refractivity contribution in [1.82, 2.24) is 0 Å². The number of nitrogens with one attached hydrogen (secondary N) is 2. The Balaban J connectivity index is 1.64. The second kappa shape index (κ2) is 10.5. The molecule has 1 amide bonds. The molecule has 1 saturated carbocycles. The highest BCUT2D eigenvalue weighted by Gasteiger charge is 2.16. The van der Waals surface area contributed by atoms with Gasteiger partial charge in [0.2, 0.25) is 15.9 Å². The fourth-order valence-electron chi connectivity index (χ4n) is 3.61. The van der Waals surface area contributed by atoms with E-state index in [1.165, 1.54) is 18.9 Å². The largest absolute Gasteiger partial charge is 0.490 e. The molecule has 0 aliphatic heterocycles. The smallest absolute Gasteiger partial charge is 0.248 e. The number of carbonyl (C=O) groups is 1. The van der Waals surface area contributed by atoms with Crippen molar-refractivity contribution in [2.24, 2.45) is 0 Å². The van der Waals surface area contributed by atoms with Gasteiger partial charge < -0.3 is 10.1 Å². The van der Waals surface area contributed by atoms with E-state index in [0.717, 1.165) is 24.2 Å². The summed E-state index contributed by atoms with van der Waals surface area (Å²) in [4.78, 5) is 12.4. The monoisotopic (exact) mass is 442 g/mol. The van der Waals surface area contributed by atoms with Crippen molar-refractivity contribution in [2.45, 2.75) is 52.1 Å². The minimum Gasteiger partial charge on any atom is -0.490 e. The zero-order chi connectivity index (χ0) is 22.3. The van der Waals surface area contributed by atoms with E-state index in [0.29, 0.717) is 23.4 Å². The summed E-state index contributed by atoms with van der Waals surface area (Å²) in [5.74, 6) is 0.575. The summed E-state index contributed by atoms with van der Waals surface area (Å²) in [6.07, 6.45) is 8.62. The van der Waals surface area contributed by atoms with E-state index < -0.39 is 10.0 Å². The molecule has 3 rings (SSSR count). The Hall–Kier alpha value is -2.80. The third-order valence-electron chi connectivity index (χ3n) is 5.22. The van der Waals surface area contributed by atoms with Crippen molar-refractivity contribution in [2.75, 3.05) is 15.8 Å². The van der Waals surface area contributed by atoms with E-state index in [4.69, 9.17) is 4.74 Å². The summed E-state index contributed by atoms with van der Waals surface area (Å²) < 4.78 is 32.7. The molecule has 1 aliphatic carbocycles. The number of hydrogen-bond donors (Lipinski definition) is 2. The number of ether oxygens (including phenoxy) is 1. The summed E-state index contributed by atoms with van der Waals surface area (Å²) >= 11 is 0. The number of hydrogen-bond acceptors (Lipinski definition) is 4. The predicted molar refractivity (Wildman–Crippen MR) is 126 cm³/mol. The van der Waals surface area contributed by atoms with E-state index in [1.54, 1.807) is 31.2 Å². The zero-order valence-corrected chi connectivity index (χ0v) is 18.9. The lowest BCUT2D eigenvalue weighted by molar-refractivity contribution is -0.111. The number of benzene rings is 2. The van der Waals surface area contributed by atoms with Gasteiger partial charge in [-0.15, -0.1) is 0 Å². The van der Waals surface area contributed by atoms with E-state index in [2.05, 4.69) is 10.0 Å². The second-order valence-corrected chi connectivity index (χ2v) is 9.66. The second-order valence-electron chi connectivity index (χ2n) is 7.82. The SMILES string of the molecule is CCCS(=O)(=O)Nc1cccc(NC(=O)/C=C/c2cccc(OC3CCCC3)c2)c1C. The van der Waals surface area contributed by atoms with Gasteiger partial charge in [0.25, 0.3) is 0 Å². The molecule has 31 heavy (non-hydrogen) atoms. The molecule has 1 fully saturated rings. The van der Waals surface area contributed by atoms with Gasteiger partial charge in [0, 0.05) is 11.8 Å². The van der Waals surface area contributed by atoms with Crippen LogP contribution in [-0.2, 0) is 14.8 Å². The highest BCUT2D eigenvalue weighted by Crippen LogP contribution is 2.26. The third kappa shape index (κ3) is 6.85. The molecular formula is C24H30N2O4S. The average molecular weight is 443 g/mol. The van der Waals surface area contributed by atoms with Gasteiger partial charge in [-0.1, -0.05) is 25.1 Å². The lowest BCUT2D eigenvalue weighted by Gasteiger charge is -2.14. The Morgan fingerprint density at radius 3 is 2.58 bits per heavy atom. The average Bonchev–Trinajstić information content (AvgIpc) is 3.22. The van der Waals surface area contributed by atoms with Crippen molar-refractivity contribution in [3.8, 4) is 5.75 Å². The Morgan fingerprint density at radius 2 is 1.84 bits per heavy atom. The molecule has 2 aromatic carbocycles. The van der Waals surface area contributed by atoms with Crippen molar-refractivity contribution in [3.05, 3.63) is 59.7 Å². The fourth-order valence-corrected chi connectivity index (χ4v) is 4.80. The van der Waals surface area contributed by atoms with Crippen LogP contribution in [0.5, 0.6) is 5.75 Å². The van der Waals surface area contributed by atoms with Crippen LogP contribution in [0.2, 0.25) is 0 Å². The van der Waals surface area contributed by atoms with Crippen LogP contribution in [0.1, 0.15) is 50.2 Å². The standard InChI is InChI=1S/C24H30N2O4S/c1-3-16-31(28,29)26-23-13-7-12-22(18(23)2)25-24(27)15-14-19-8-6-11-21(17-19)30-20-9-4-5-10-20/h6-8,11-15,17,20,26H,3-5,9-10,16H2,1-2H3,(H,25,27)/b15-14+. The van der Waals surface area contributed by atoms with Crippen LogP contribution in [0.25, 0.3) is 6.08 Å². The van der Waals surface area contributed by atoms with Gasteiger partial charge in [-0.3, -0.25) is 9.52 Å². The molecule has 6 nitrogen and oxygen atoms in total. The van der Waals surface area contributed by atoms with Crippen LogP contribution in [0.3, 0.4) is 0 Å². The maximum Gasteiger partial charge on any atom is 0.248 e. The van der Waals surface area contributed by atoms with Gasteiger partial charge in [-0.2, -0.15) is 0 Å². The number of sulfonamides is 1. The third-order valence-corrected chi connectivity index (χ3v) is 6.70. The first-order chi connectivity index (χ1) is 14.9. The maximum atomic E-state index is 12.4. The normalized spacial score (nSPS) is 14.6. The molecule has 2 aromatic rings. The lowest BCUT2D eigenvalue weighted by Crippen LogP contribution is -2.17. The molecule has 0 spiro atoms. The van der Waals surface area contributed by atoms with Crippen LogP contribution in [-0.4, -0.2) is 26.2 Å². The Morgan fingerprint density at radius 1 is 1.13 bits per heavy atom. The molecule has 0 saturated heterocycles. The predicted octanol–water partition coefficient (Wildman–Crippen LogP) is 5.12. The summed E-state index contributed by atoms with van der Waals surface area (Å²) in [6, 6.07) is 12.8. The van der Waals surface area contributed by atoms with Crippen LogP contribution < -0.4 is 14.8 Å². The first kappa shape index (κ1) is 22.9. The van der Waals surface area contributed by atoms with E-state index in [1.807, 2.05) is 31.2 Å². The molecule has 1 aliphatic rings. The van der Waals surface area contributed by atoms with Gasteiger partial charge in [-0.05, 0) is 80.5 Å². The minimum absolute atomic E-state index is 0.0509. The van der Waals surface area contributed by atoms with Crippen LogP contribution in [0.4, 0.5) is 11.4 Å². The number of amides is 1. The summed E-state index contributed by atoms with van der Waals surface area (Å²) in [7, 11) is -3.40. The molecular weight excluding hydrogens is 412 g/mol. The Kier molecular flexibility index (Phi) is 7.74. The minimum atomic E-state index is -3.40. The molecule has 0 bridgehead atoms. The molecule has 2 N–H and O–H groups in total. The van der Waals surface area contributed by atoms with Crippen LogP contribution in [0.15, 0.2) is 48.5 Å². The maximum absolute atomic E-state index is 12.4.